The first-order valence-electron chi connectivity index (χ1n) is 8.40. The van der Waals surface area contributed by atoms with Gasteiger partial charge in [-0.15, -0.1) is 0 Å². The predicted octanol–water partition coefficient (Wildman–Crippen LogP) is 6.52. The van der Waals surface area contributed by atoms with Gasteiger partial charge in [-0.25, -0.2) is 0 Å². The maximum absolute atomic E-state index is 2.51. The minimum atomic E-state index is 0.199. The van der Waals surface area contributed by atoms with Crippen LogP contribution < -0.4 is 0 Å². The van der Waals surface area contributed by atoms with E-state index in [1.54, 1.807) is 5.57 Å². The van der Waals surface area contributed by atoms with Crippen molar-refractivity contribution in [2.24, 2.45) is 10.8 Å². The lowest BCUT2D eigenvalue weighted by Gasteiger charge is -2.21. The molecule has 0 spiro atoms. The molecule has 1 aromatic rings. The molecule has 2 aliphatic carbocycles. The van der Waals surface area contributed by atoms with Gasteiger partial charge >= 0.3 is 0 Å². The zero-order valence-corrected chi connectivity index (χ0v) is 14.8. The van der Waals surface area contributed by atoms with E-state index in [-0.39, 0.29) is 10.8 Å². The van der Waals surface area contributed by atoms with E-state index in [9.17, 15) is 0 Å². The van der Waals surface area contributed by atoms with E-state index in [0.717, 1.165) is 6.42 Å². The normalized spacial score (nSPS) is 21.4. The van der Waals surface area contributed by atoms with Crippen molar-refractivity contribution in [2.75, 3.05) is 0 Å². The second-order valence-electron chi connectivity index (χ2n) is 8.73. The third-order valence-corrected chi connectivity index (χ3v) is 4.89. The fraction of sp³-hybridized carbons (Fsp3) is 0.455. The molecule has 116 valence electrons. The first kappa shape index (κ1) is 15.3. The highest BCUT2D eigenvalue weighted by molar-refractivity contribution is 5.79. The van der Waals surface area contributed by atoms with Crippen molar-refractivity contribution in [2.45, 2.75) is 53.9 Å². The molecule has 0 radical (unpaired) electrons. The van der Waals surface area contributed by atoms with Crippen LogP contribution in [0.2, 0.25) is 0 Å². The molecule has 0 saturated heterocycles. The van der Waals surface area contributed by atoms with Gasteiger partial charge in [-0.05, 0) is 39.5 Å². The van der Waals surface area contributed by atoms with Crippen molar-refractivity contribution in [1.82, 2.24) is 0 Å². The molecule has 3 rings (SSSR count). The van der Waals surface area contributed by atoms with Crippen molar-refractivity contribution in [3.63, 3.8) is 0 Å². The highest BCUT2D eigenvalue weighted by Crippen LogP contribution is 2.49. The quantitative estimate of drug-likeness (QED) is 0.553. The zero-order valence-electron chi connectivity index (χ0n) is 14.8. The van der Waals surface area contributed by atoms with E-state index in [4.69, 9.17) is 0 Å². The zero-order chi connectivity index (χ0) is 16.1. The highest BCUT2D eigenvalue weighted by Gasteiger charge is 2.32. The van der Waals surface area contributed by atoms with Crippen molar-refractivity contribution >= 4 is 5.57 Å². The molecule has 0 nitrogen and oxygen atoms in total. The molecular formula is C22H28. The van der Waals surface area contributed by atoms with Gasteiger partial charge in [0.1, 0.15) is 0 Å². The summed E-state index contributed by atoms with van der Waals surface area (Å²) in [6, 6.07) is 8.95. The molecule has 0 N–H and O–H groups in total. The second kappa shape index (κ2) is 4.98. The van der Waals surface area contributed by atoms with Crippen molar-refractivity contribution in [1.29, 1.82) is 0 Å². The summed E-state index contributed by atoms with van der Waals surface area (Å²) in [5.41, 5.74) is 7.92. The van der Waals surface area contributed by atoms with Gasteiger partial charge in [-0.2, -0.15) is 0 Å². The molecule has 22 heavy (non-hydrogen) atoms. The molecule has 0 amide bonds. The Kier molecular flexibility index (Phi) is 3.47. The SMILES string of the molecule is CC(C)(C)C1=CCC(C2C=C(C(C)(C)C)c3ccccc32)=C1. The van der Waals surface area contributed by atoms with Gasteiger partial charge < -0.3 is 0 Å². The van der Waals surface area contributed by atoms with Crippen molar-refractivity contribution in [3.05, 3.63) is 64.8 Å². The minimum Gasteiger partial charge on any atom is -0.0767 e. The number of allylic oxidation sites excluding steroid dienone is 6. The summed E-state index contributed by atoms with van der Waals surface area (Å²) in [4.78, 5) is 0. The molecule has 0 fully saturated rings. The molecule has 0 aliphatic heterocycles. The van der Waals surface area contributed by atoms with E-state index >= 15 is 0 Å². The molecule has 0 bridgehead atoms. The predicted molar refractivity (Wildman–Crippen MR) is 96.9 cm³/mol. The summed E-state index contributed by atoms with van der Waals surface area (Å²) in [6.07, 6.45) is 8.47. The van der Waals surface area contributed by atoms with Crippen LogP contribution in [0.3, 0.4) is 0 Å². The van der Waals surface area contributed by atoms with E-state index < -0.39 is 0 Å². The summed E-state index contributed by atoms with van der Waals surface area (Å²) in [5.74, 6) is 0.460. The van der Waals surface area contributed by atoms with Gasteiger partial charge in [0.25, 0.3) is 0 Å². The fourth-order valence-corrected chi connectivity index (χ4v) is 3.61. The summed E-state index contributed by atoms with van der Waals surface area (Å²) >= 11 is 0. The highest BCUT2D eigenvalue weighted by atomic mass is 14.4. The van der Waals surface area contributed by atoms with Gasteiger partial charge in [0.05, 0.1) is 0 Å². The van der Waals surface area contributed by atoms with Crippen LogP contribution in [0.15, 0.2) is 53.6 Å². The van der Waals surface area contributed by atoms with Crippen LogP contribution in [0.5, 0.6) is 0 Å². The molecule has 1 aromatic carbocycles. The topological polar surface area (TPSA) is 0 Å². The summed E-state index contributed by atoms with van der Waals surface area (Å²) in [5, 5.41) is 0. The Morgan fingerprint density at radius 2 is 1.59 bits per heavy atom. The average molecular weight is 292 g/mol. The van der Waals surface area contributed by atoms with E-state index in [1.807, 2.05) is 0 Å². The van der Waals surface area contributed by atoms with E-state index in [0.29, 0.717) is 5.92 Å². The summed E-state index contributed by atoms with van der Waals surface area (Å²) in [6.45, 7) is 13.9. The lowest BCUT2D eigenvalue weighted by atomic mass is 9.83. The summed E-state index contributed by atoms with van der Waals surface area (Å²) < 4.78 is 0. The van der Waals surface area contributed by atoms with Gasteiger partial charge in [0.15, 0.2) is 0 Å². The molecule has 0 saturated carbocycles. The Balaban J connectivity index is 2.02. The Morgan fingerprint density at radius 1 is 0.909 bits per heavy atom. The molecule has 2 aliphatic rings. The number of hydrogen-bond acceptors (Lipinski definition) is 0. The van der Waals surface area contributed by atoms with Crippen LogP contribution >= 0.6 is 0 Å². The monoisotopic (exact) mass is 292 g/mol. The Labute approximate surface area is 135 Å². The third-order valence-electron chi connectivity index (χ3n) is 4.89. The maximum atomic E-state index is 2.51. The Bertz CT molecular complexity index is 681. The average Bonchev–Trinajstić information content (AvgIpc) is 3.01. The summed E-state index contributed by atoms with van der Waals surface area (Å²) in [7, 11) is 0. The number of benzene rings is 1. The van der Waals surface area contributed by atoms with Gasteiger partial charge in [0.2, 0.25) is 0 Å². The van der Waals surface area contributed by atoms with Crippen LogP contribution in [0.4, 0.5) is 0 Å². The fourth-order valence-electron chi connectivity index (χ4n) is 3.61. The molecular weight excluding hydrogens is 264 g/mol. The van der Waals surface area contributed by atoms with Crippen molar-refractivity contribution < 1.29 is 0 Å². The Hall–Kier alpha value is -1.56. The van der Waals surface area contributed by atoms with Gasteiger partial charge in [0, 0.05) is 5.92 Å². The molecule has 0 heterocycles. The molecule has 0 aromatic heterocycles. The first-order chi connectivity index (χ1) is 10.2. The second-order valence-corrected chi connectivity index (χ2v) is 8.73. The lowest BCUT2D eigenvalue weighted by Crippen LogP contribution is -2.06. The van der Waals surface area contributed by atoms with E-state index in [1.165, 1.54) is 22.3 Å². The van der Waals surface area contributed by atoms with Crippen LogP contribution in [0.25, 0.3) is 5.57 Å². The smallest absolute Gasteiger partial charge is 0.0246 e. The van der Waals surface area contributed by atoms with Crippen LogP contribution in [-0.4, -0.2) is 0 Å². The first-order valence-corrected chi connectivity index (χ1v) is 8.40. The minimum absolute atomic E-state index is 0.199. The maximum Gasteiger partial charge on any atom is 0.0246 e. The van der Waals surface area contributed by atoms with Crippen molar-refractivity contribution in [3.8, 4) is 0 Å². The molecule has 1 atom stereocenters. The number of fused-ring (bicyclic) bond motifs is 1. The number of rotatable bonds is 1. The van der Waals surface area contributed by atoms with Crippen LogP contribution in [0.1, 0.15) is 65.0 Å². The molecule has 0 heteroatoms. The number of hydrogen-bond donors (Lipinski definition) is 0. The standard InChI is InChI=1S/C22H28/c1-21(2,3)16-12-11-15(13-16)19-14-20(22(4,5)6)18-10-8-7-9-17(18)19/h7-10,12-14,19H,11H2,1-6H3. The van der Waals surface area contributed by atoms with Crippen LogP contribution in [-0.2, 0) is 0 Å². The van der Waals surface area contributed by atoms with Gasteiger partial charge in [-0.3, -0.25) is 0 Å². The third kappa shape index (κ3) is 2.60. The Morgan fingerprint density at radius 3 is 2.18 bits per heavy atom. The van der Waals surface area contributed by atoms with Crippen LogP contribution in [0, 0.1) is 10.8 Å². The van der Waals surface area contributed by atoms with E-state index in [2.05, 4.69) is 84.0 Å². The van der Waals surface area contributed by atoms with Gasteiger partial charge in [-0.1, -0.05) is 89.6 Å². The largest absolute Gasteiger partial charge is 0.0767 e. The lowest BCUT2D eigenvalue weighted by molar-refractivity contribution is 0.517. The molecule has 1 unspecified atom stereocenters.